The first-order valence-electron chi connectivity index (χ1n) is 5.71. The van der Waals surface area contributed by atoms with Gasteiger partial charge in [0.15, 0.2) is 12.1 Å². The smallest absolute Gasteiger partial charge is 0.184 e. The zero-order valence-electron chi connectivity index (χ0n) is 10.2. The quantitative estimate of drug-likeness (QED) is 0.547. The highest BCUT2D eigenvalue weighted by molar-refractivity contribution is 5.96. The van der Waals surface area contributed by atoms with Crippen LogP contribution >= 0.6 is 0 Å². The van der Waals surface area contributed by atoms with Crippen LogP contribution < -0.4 is 5.11 Å². The first-order valence-corrected chi connectivity index (χ1v) is 5.71. The Kier molecular flexibility index (Phi) is 5.21. The van der Waals surface area contributed by atoms with Crippen LogP contribution in [0.15, 0.2) is 0 Å². The summed E-state index contributed by atoms with van der Waals surface area (Å²) in [5.41, 5.74) is 0. The molecule has 1 fully saturated rings. The highest BCUT2D eigenvalue weighted by atomic mass is 16.7. The van der Waals surface area contributed by atoms with Crippen LogP contribution in [-0.2, 0) is 19.1 Å². The number of rotatable bonds is 5. The topological polar surface area (TPSA) is 116 Å². The van der Waals surface area contributed by atoms with Crippen LogP contribution in [0, 0.1) is 0 Å². The molecule has 7 nitrogen and oxygen atoms in total. The Morgan fingerprint density at radius 1 is 1.44 bits per heavy atom. The third-order valence-corrected chi connectivity index (χ3v) is 2.80. The van der Waals surface area contributed by atoms with Crippen molar-refractivity contribution in [2.45, 2.75) is 57.4 Å². The minimum absolute atomic E-state index is 0.0766. The van der Waals surface area contributed by atoms with Crippen molar-refractivity contribution >= 4 is 11.8 Å². The third kappa shape index (κ3) is 4.02. The zero-order chi connectivity index (χ0) is 13.9. The van der Waals surface area contributed by atoms with E-state index in [1.165, 1.54) is 6.92 Å². The summed E-state index contributed by atoms with van der Waals surface area (Å²) in [6.45, 7) is 2.98. The van der Waals surface area contributed by atoms with E-state index >= 15 is 0 Å². The molecule has 2 N–H and O–H groups in total. The van der Waals surface area contributed by atoms with Gasteiger partial charge in [-0.05, 0) is 13.8 Å². The van der Waals surface area contributed by atoms with Crippen LogP contribution in [-0.4, -0.2) is 52.7 Å². The van der Waals surface area contributed by atoms with E-state index in [1.54, 1.807) is 6.92 Å². The van der Waals surface area contributed by atoms with Gasteiger partial charge in [0.2, 0.25) is 0 Å². The molecule has 1 heterocycles. The van der Waals surface area contributed by atoms with Crippen molar-refractivity contribution in [1.29, 1.82) is 0 Å². The van der Waals surface area contributed by atoms with E-state index in [4.69, 9.17) is 9.47 Å². The average Bonchev–Trinajstić information content (AvgIpc) is 2.24. The van der Waals surface area contributed by atoms with Crippen LogP contribution in [0.25, 0.3) is 0 Å². The lowest BCUT2D eigenvalue weighted by atomic mass is 10.0. The minimum atomic E-state index is -1.48. The molecule has 0 spiro atoms. The Balaban J connectivity index is 2.50. The van der Waals surface area contributed by atoms with Crippen molar-refractivity contribution in [1.82, 2.24) is 0 Å². The molecule has 1 rings (SSSR count). The second-order valence-electron chi connectivity index (χ2n) is 4.37. The molecule has 0 aliphatic carbocycles. The average molecular weight is 261 g/mol. The van der Waals surface area contributed by atoms with Gasteiger partial charge in [0.05, 0.1) is 12.2 Å². The molecular weight excluding hydrogens is 244 g/mol. The van der Waals surface area contributed by atoms with Crippen molar-refractivity contribution in [2.24, 2.45) is 0 Å². The first-order chi connectivity index (χ1) is 8.31. The molecule has 0 bridgehead atoms. The monoisotopic (exact) mass is 261 g/mol. The molecule has 1 aliphatic heterocycles. The Morgan fingerprint density at radius 3 is 2.61 bits per heavy atom. The van der Waals surface area contributed by atoms with E-state index in [9.17, 15) is 24.9 Å². The fraction of sp³-hybridized carbons (Fsp3) is 0.818. The molecule has 104 valence electrons. The predicted octanol–water partition coefficient (Wildman–Crippen LogP) is -2.04. The molecule has 0 saturated carbocycles. The van der Waals surface area contributed by atoms with Crippen molar-refractivity contribution < 1.29 is 34.4 Å². The number of aliphatic hydroxyl groups is 2. The van der Waals surface area contributed by atoms with Gasteiger partial charge in [-0.1, -0.05) is 0 Å². The maximum absolute atomic E-state index is 11.3. The molecule has 0 radical (unpaired) electrons. The summed E-state index contributed by atoms with van der Waals surface area (Å²) in [6, 6.07) is 0. The molecule has 7 heteroatoms. The molecule has 1 saturated heterocycles. The summed E-state index contributed by atoms with van der Waals surface area (Å²) >= 11 is 0. The van der Waals surface area contributed by atoms with Crippen LogP contribution in [0.4, 0.5) is 0 Å². The van der Waals surface area contributed by atoms with Crippen LogP contribution in [0.3, 0.4) is 0 Å². The highest BCUT2D eigenvalue weighted by Gasteiger charge is 2.36. The first kappa shape index (κ1) is 15.0. The molecule has 0 amide bonds. The fourth-order valence-corrected chi connectivity index (χ4v) is 1.63. The molecule has 0 unspecified atom stereocenters. The van der Waals surface area contributed by atoms with E-state index in [0.29, 0.717) is 0 Å². The van der Waals surface area contributed by atoms with Crippen molar-refractivity contribution in [3.63, 3.8) is 0 Å². The Hall–Kier alpha value is -1.02. The molecule has 18 heavy (non-hydrogen) atoms. The summed E-state index contributed by atoms with van der Waals surface area (Å²) in [5, 5.41) is 29.3. The lowest BCUT2D eigenvalue weighted by Crippen LogP contribution is -2.49. The number of carboxylic acids is 1. The minimum Gasteiger partial charge on any atom is -0.550 e. The van der Waals surface area contributed by atoms with Gasteiger partial charge in [0, 0.05) is 18.8 Å². The molecule has 0 aromatic carbocycles. The van der Waals surface area contributed by atoms with E-state index in [1.807, 2.05) is 0 Å². The molecule has 1 aliphatic rings. The SMILES string of the molecule is C[C@@H]1O[C@@H](O[C@H](C)C(=O)CC(=O)[O-])[C@H](O)C[C@H]1O. The normalized spacial score (nSPS) is 34.0. The number of ketones is 1. The number of ether oxygens (including phenoxy) is 2. The van der Waals surface area contributed by atoms with Crippen LogP contribution in [0.1, 0.15) is 26.7 Å². The van der Waals surface area contributed by atoms with Crippen molar-refractivity contribution in [3.05, 3.63) is 0 Å². The van der Waals surface area contributed by atoms with Gasteiger partial charge in [0.25, 0.3) is 0 Å². The number of aliphatic carboxylic acids is 1. The summed E-state index contributed by atoms with van der Waals surface area (Å²) in [6.07, 6.45) is -5.13. The van der Waals surface area contributed by atoms with Gasteiger partial charge in [-0.2, -0.15) is 0 Å². The lowest BCUT2D eigenvalue weighted by Gasteiger charge is -2.36. The Morgan fingerprint density at radius 2 is 2.06 bits per heavy atom. The maximum atomic E-state index is 11.3. The van der Waals surface area contributed by atoms with E-state index in [0.717, 1.165) is 0 Å². The number of hydrogen-bond donors (Lipinski definition) is 2. The van der Waals surface area contributed by atoms with Gasteiger partial charge in [-0.15, -0.1) is 0 Å². The molecule has 5 atom stereocenters. The van der Waals surface area contributed by atoms with Gasteiger partial charge >= 0.3 is 0 Å². The van der Waals surface area contributed by atoms with E-state index < -0.39 is 48.9 Å². The van der Waals surface area contributed by atoms with Gasteiger partial charge in [-0.25, -0.2) is 0 Å². The fourth-order valence-electron chi connectivity index (χ4n) is 1.63. The zero-order valence-corrected chi connectivity index (χ0v) is 10.2. The van der Waals surface area contributed by atoms with Crippen LogP contribution in [0.5, 0.6) is 0 Å². The van der Waals surface area contributed by atoms with Crippen LogP contribution in [0.2, 0.25) is 0 Å². The molecule has 0 aromatic rings. The molecular formula is C11H17O7-. The van der Waals surface area contributed by atoms with Gasteiger partial charge in [0.1, 0.15) is 12.2 Å². The van der Waals surface area contributed by atoms with Crippen molar-refractivity contribution in [2.75, 3.05) is 0 Å². The number of hydrogen-bond acceptors (Lipinski definition) is 7. The Labute approximate surface area is 104 Å². The number of Topliss-reactive ketones (excluding diaryl/α,β-unsaturated/α-hetero) is 1. The second-order valence-corrected chi connectivity index (χ2v) is 4.37. The summed E-state index contributed by atoms with van der Waals surface area (Å²) in [5.74, 6) is -2.14. The van der Waals surface area contributed by atoms with Gasteiger partial charge in [-0.3, -0.25) is 4.79 Å². The molecule has 0 aromatic heterocycles. The highest BCUT2D eigenvalue weighted by Crippen LogP contribution is 2.22. The summed E-state index contributed by atoms with van der Waals surface area (Å²) in [7, 11) is 0. The standard InChI is InChI=1S/C11H18O7/c1-5-7(12)3-9(14)11(17-5)18-6(2)8(13)4-10(15)16/h5-7,9,11-12,14H,3-4H2,1-2H3,(H,15,16)/p-1/t5-,6+,7+,9+,11-/m0/s1. The largest absolute Gasteiger partial charge is 0.550 e. The number of aliphatic hydroxyl groups excluding tert-OH is 2. The number of carbonyl (C=O) groups excluding carboxylic acids is 2. The van der Waals surface area contributed by atoms with Gasteiger partial charge < -0.3 is 29.6 Å². The third-order valence-electron chi connectivity index (χ3n) is 2.80. The van der Waals surface area contributed by atoms with Crippen molar-refractivity contribution in [3.8, 4) is 0 Å². The maximum Gasteiger partial charge on any atom is 0.184 e. The lowest BCUT2D eigenvalue weighted by molar-refractivity contribution is -0.305. The predicted molar refractivity (Wildman–Crippen MR) is 56.1 cm³/mol. The number of carbonyl (C=O) groups is 2. The van der Waals surface area contributed by atoms with E-state index in [2.05, 4.69) is 0 Å². The summed E-state index contributed by atoms with van der Waals surface area (Å²) in [4.78, 5) is 21.6. The number of carboxylic acid groups (broad SMARTS) is 1. The second kappa shape index (κ2) is 6.24. The summed E-state index contributed by atoms with van der Waals surface area (Å²) < 4.78 is 10.4. The Bertz CT molecular complexity index is 317. The van der Waals surface area contributed by atoms with E-state index in [-0.39, 0.29) is 6.42 Å².